The Hall–Kier alpha value is -0.930. The highest BCUT2D eigenvalue weighted by molar-refractivity contribution is 5.13. The molecular formula is C13H20N2O. The van der Waals surface area contributed by atoms with Gasteiger partial charge in [0.2, 0.25) is 0 Å². The Bertz CT molecular complexity index is 323. The first-order valence-corrected chi connectivity index (χ1v) is 6.00. The zero-order chi connectivity index (χ0) is 11.4. The van der Waals surface area contributed by atoms with Crippen molar-refractivity contribution in [2.24, 2.45) is 0 Å². The summed E-state index contributed by atoms with van der Waals surface area (Å²) in [4.78, 5) is 6.89. The van der Waals surface area contributed by atoms with E-state index in [2.05, 4.69) is 28.9 Å². The zero-order valence-corrected chi connectivity index (χ0v) is 10.1. The number of aromatic nitrogens is 1. The molecule has 1 aromatic heterocycles. The van der Waals surface area contributed by atoms with Crippen LogP contribution in [0.2, 0.25) is 0 Å². The molecule has 3 heteroatoms. The molecule has 0 radical (unpaired) electrons. The summed E-state index contributed by atoms with van der Waals surface area (Å²) in [5.74, 6) is 0. The van der Waals surface area contributed by atoms with Crippen LogP contribution < -0.4 is 0 Å². The summed E-state index contributed by atoms with van der Waals surface area (Å²) < 4.78 is 5.35. The highest BCUT2D eigenvalue weighted by atomic mass is 16.5. The molecule has 0 amide bonds. The molecule has 1 aliphatic rings. The molecule has 0 N–H and O–H groups in total. The van der Waals surface area contributed by atoms with E-state index in [-0.39, 0.29) is 0 Å². The van der Waals surface area contributed by atoms with Crippen molar-refractivity contribution >= 4 is 0 Å². The van der Waals surface area contributed by atoms with Gasteiger partial charge in [-0.05, 0) is 24.5 Å². The molecule has 0 saturated carbocycles. The molecule has 16 heavy (non-hydrogen) atoms. The van der Waals surface area contributed by atoms with Crippen molar-refractivity contribution in [3.8, 4) is 0 Å². The molecule has 0 bridgehead atoms. The van der Waals surface area contributed by atoms with E-state index in [9.17, 15) is 0 Å². The van der Waals surface area contributed by atoms with Crippen LogP contribution in [0.25, 0.3) is 0 Å². The second kappa shape index (κ2) is 5.41. The molecule has 0 aromatic carbocycles. The van der Waals surface area contributed by atoms with Gasteiger partial charge in [0.25, 0.3) is 0 Å². The molecule has 1 aromatic rings. The Morgan fingerprint density at radius 1 is 1.50 bits per heavy atom. The molecule has 2 rings (SSSR count). The maximum absolute atomic E-state index is 5.35. The first-order chi connectivity index (χ1) is 7.81. The molecule has 1 atom stereocenters. The van der Waals surface area contributed by atoms with Crippen molar-refractivity contribution in [1.82, 2.24) is 9.88 Å². The lowest BCUT2D eigenvalue weighted by Crippen LogP contribution is -2.22. The van der Waals surface area contributed by atoms with Gasteiger partial charge in [0.15, 0.2) is 0 Å². The van der Waals surface area contributed by atoms with Crippen LogP contribution in [0.15, 0.2) is 18.3 Å². The largest absolute Gasteiger partial charge is 0.380 e. The van der Waals surface area contributed by atoms with Crippen molar-refractivity contribution < 1.29 is 4.74 Å². The summed E-state index contributed by atoms with van der Waals surface area (Å²) in [5, 5.41) is 0. The smallest absolute Gasteiger partial charge is 0.0710 e. The van der Waals surface area contributed by atoms with Crippen molar-refractivity contribution in [2.75, 3.05) is 20.2 Å². The van der Waals surface area contributed by atoms with Gasteiger partial charge in [0.1, 0.15) is 0 Å². The average Bonchev–Trinajstić information content (AvgIpc) is 2.78. The van der Waals surface area contributed by atoms with Crippen LogP contribution >= 0.6 is 0 Å². The fourth-order valence-electron chi connectivity index (χ4n) is 2.12. The third-order valence-corrected chi connectivity index (χ3v) is 3.24. The van der Waals surface area contributed by atoms with Crippen LogP contribution in [0.1, 0.15) is 24.6 Å². The van der Waals surface area contributed by atoms with E-state index in [4.69, 9.17) is 4.74 Å². The second-order valence-electron chi connectivity index (χ2n) is 4.39. The predicted octanol–water partition coefficient (Wildman–Crippen LogP) is 1.86. The number of ether oxygens (including phenoxy) is 1. The van der Waals surface area contributed by atoms with Gasteiger partial charge in [0.05, 0.1) is 11.8 Å². The fourth-order valence-corrected chi connectivity index (χ4v) is 2.12. The minimum atomic E-state index is 0.412. The van der Waals surface area contributed by atoms with E-state index in [0.29, 0.717) is 6.10 Å². The lowest BCUT2D eigenvalue weighted by atomic mass is 10.2. The van der Waals surface area contributed by atoms with Crippen molar-refractivity contribution in [3.05, 3.63) is 29.6 Å². The van der Waals surface area contributed by atoms with Crippen LogP contribution in [0.5, 0.6) is 0 Å². The lowest BCUT2D eigenvalue weighted by Gasteiger charge is -2.14. The molecule has 88 valence electrons. The van der Waals surface area contributed by atoms with Gasteiger partial charge in [0, 0.05) is 32.9 Å². The molecule has 1 fully saturated rings. The van der Waals surface area contributed by atoms with Gasteiger partial charge in [-0.3, -0.25) is 9.88 Å². The standard InChI is InChI=1S/C13H20N2O/c1-3-11-4-5-12(14-8-11)9-15-7-6-13(10-15)16-2/h4-5,8,13H,3,6-7,9-10H2,1-2H3/t13-/m0/s1. The van der Waals surface area contributed by atoms with Crippen molar-refractivity contribution in [1.29, 1.82) is 0 Å². The normalized spacial score (nSPS) is 21.5. The number of hydrogen-bond acceptors (Lipinski definition) is 3. The Labute approximate surface area is 97.4 Å². The van der Waals surface area contributed by atoms with E-state index < -0.39 is 0 Å². The number of aryl methyl sites for hydroxylation is 1. The Morgan fingerprint density at radius 2 is 2.38 bits per heavy atom. The topological polar surface area (TPSA) is 25.4 Å². The Balaban J connectivity index is 1.89. The maximum Gasteiger partial charge on any atom is 0.0710 e. The summed E-state index contributed by atoms with van der Waals surface area (Å²) in [6, 6.07) is 4.31. The first kappa shape index (κ1) is 11.6. The quantitative estimate of drug-likeness (QED) is 0.774. The Morgan fingerprint density at radius 3 is 2.94 bits per heavy atom. The van der Waals surface area contributed by atoms with Crippen LogP contribution in [0, 0.1) is 0 Å². The van der Waals surface area contributed by atoms with E-state index in [0.717, 1.165) is 38.2 Å². The molecule has 1 aliphatic heterocycles. The SMILES string of the molecule is CCc1ccc(CN2CC[C@H](OC)C2)nc1. The van der Waals surface area contributed by atoms with Gasteiger partial charge in [-0.25, -0.2) is 0 Å². The highest BCUT2D eigenvalue weighted by Gasteiger charge is 2.21. The molecular weight excluding hydrogens is 200 g/mol. The first-order valence-electron chi connectivity index (χ1n) is 6.00. The molecule has 0 aliphatic carbocycles. The molecule has 0 spiro atoms. The summed E-state index contributed by atoms with van der Waals surface area (Å²) >= 11 is 0. The summed E-state index contributed by atoms with van der Waals surface area (Å²) in [5.41, 5.74) is 2.47. The summed E-state index contributed by atoms with van der Waals surface area (Å²) in [7, 11) is 1.79. The number of likely N-dealkylation sites (tertiary alicyclic amines) is 1. The van der Waals surface area contributed by atoms with Gasteiger partial charge >= 0.3 is 0 Å². The minimum Gasteiger partial charge on any atom is -0.380 e. The van der Waals surface area contributed by atoms with Crippen LogP contribution in [-0.4, -0.2) is 36.2 Å². The van der Waals surface area contributed by atoms with Crippen LogP contribution in [0.4, 0.5) is 0 Å². The van der Waals surface area contributed by atoms with E-state index in [1.54, 1.807) is 7.11 Å². The predicted molar refractivity (Wildman–Crippen MR) is 64.3 cm³/mol. The molecule has 1 saturated heterocycles. The number of pyridine rings is 1. The van der Waals surface area contributed by atoms with Gasteiger partial charge < -0.3 is 4.74 Å². The molecule has 2 heterocycles. The number of nitrogens with zero attached hydrogens (tertiary/aromatic N) is 2. The molecule has 0 unspecified atom stereocenters. The lowest BCUT2D eigenvalue weighted by molar-refractivity contribution is 0.107. The van der Waals surface area contributed by atoms with Crippen LogP contribution in [0.3, 0.4) is 0 Å². The van der Waals surface area contributed by atoms with E-state index in [1.807, 2.05) is 6.20 Å². The number of methoxy groups -OCH3 is 1. The fraction of sp³-hybridized carbons (Fsp3) is 0.615. The maximum atomic E-state index is 5.35. The zero-order valence-electron chi connectivity index (χ0n) is 10.1. The van der Waals surface area contributed by atoms with E-state index in [1.165, 1.54) is 5.56 Å². The average molecular weight is 220 g/mol. The molecule has 3 nitrogen and oxygen atoms in total. The Kier molecular flexibility index (Phi) is 3.91. The third kappa shape index (κ3) is 2.80. The van der Waals surface area contributed by atoms with Crippen molar-refractivity contribution in [2.45, 2.75) is 32.4 Å². The summed E-state index contributed by atoms with van der Waals surface area (Å²) in [6.07, 6.45) is 4.60. The second-order valence-corrected chi connectivity index (χ2v) is 4.39. The van der Waals surface area contributed by atoms with Gasteiger partial charge in [-0.1, -0.05) is 13.0 Å². The van der Waals surface area contributed by atoms with E-state index >= 15 is 0 Å². The minimum absolute atomic E-state index is 0.412. The van der Waals surface area contributed by atoms with Gasteiger partial charge in [-0.15, -0.1) is 0 Å². The van der Waals surface area contributed by atoms with Crippen molar-refractivity contribution in [3.63, 3.8) is 0 Å². The monoisotopic (exact) mass is 220 g/mol. The third-order valence-electron chi connectivity index (χ3n) is 3.24. The summed E-state index contributed by atoms with van der Waals surface area (Å²) in [6.45, 7) is 5.26. The number of hydrogen-bond donors (Lipinski definition) is 0. The van der Waals surface area contributed by atoms with Crippen LogP contribution in [-0.2, 0) is 17.7 Å². The number of rotatable bonds is 4. The van der Waals surface area contributed by atoms with Gasteiger partial charge in [-0.2, -0.15) is 0 Å². The highest BCUT2D eigenvalue weighted by Crippen LogP contribution is 2.14.